The van der Waals surface area contributed by atoms with Crippen LogP contribution in [0, 0.1) is 23.2 Å². The summed E-state index contributed by atoms with van der Waals surface area (Å²) in [5, 5.41) is 0. The number of carbonyl (C=O) groups excluding carboxylic acids is 1. The van der Waals surface area contributed by atoms with Gasteiger partial charge >= 0.3 is 5.97 Å². The van der Waals surface area contributed by atoms with Gasteiger partial charge in [-0.2, -0.15) is 0 Å². The lowest BCUT2D eigenvalue weighted by Gasteiger charge is -2.50. The minimum atomic E-state index is 0.0433. The van der Waals surface area contributed by atoms with Crippen LogP contribution in [0.15, 0.2) is 12.2 Å². The third kappa shape index (κ3) is 3.06. The highest BCUT2D eigenvalue weighted by molar-refractivity contribution is 5.75. The van der Waals surface area contributed by atoms with Gasteiger partial charge in [-0.25, -0.2) is 0 Å². The smallest absolute Gasteiger partial charge is 0.310 e. The largest absolute Gasteiger partial charge is 0.462 e. The van der Waals surface area contributed by atoms with E-state index in [0.717, 1.165) is 32.5 Å². The number of nitrogens with zero attached hydrogens (tertiary/aromatic N) is 1. The molecule has 4 heteroatoms. The molecule has 0 aromatic heterocycles. The molecule has 0 amide bonds. The summed E-state index contributed by atoms with van der Waals surface area (Å²) in [7, 11) is 1.77. The number of esters is 1. The first kappa shape index (κ1) is 17.5. The highest BCUT2D eigenvalue weighted by Gasteiger charge is 2.55. The van der Waals surface area contributed by atoms with Gasteiger partial charge in [-0.05, 0) is 62.8 Å². The summed E-state index contributed by atoms with van der Waals surface area (Å²) in [6.07, 6.45) is 8.32. The first-order valence-corrected chi connectivity index (χ1v) is 10.1. The van der Waals surface area contributed by atoms with E-state index in [1.165, 1.54) is 37.7 Å². The predicted molar refractivity (Wildman–Crippen MR) is 97.2 cm³/mol. The lowest BCUT2D eigenvalue weighted by Crippen LogP contribution is -2.46. The van der Waals surface area contributed by atoms with Crippen molar-refractivity contribution in [1.29, 1.82) is 0 Å². The molecule has 2 aliphatic carbocycles. The van der Waals surface area contributed by atoms with Crippen LogP contribution in [-0.2, 0) is 14.3 Å². The van der Waals surface area contributed by atoms with Crippen LogP contribution in [0.4, 0.5) is 0 Å². The van der Waals surface area contributed by atoms with Gasteiger partial charge in [0.2, 0.25) is 0 Å². The Kier molecular flexibility index (Phi) is 4.70. The van der Waals surface area contributed by atoms with E-state index in [9.17, 15) is 4.79 Å². The fourth-order valence-electron chi connectivity index (χ4n) is 6.23. The molecule has 0 radical (unpaired) electrons. The molecular formula is C21H33NO3. The number of carbonyl (C=O) groups is 1. The Hall–Kier alpha value is -0.870. The lowest BCUT2D eigenvalue weighted by atomic mass is 9.55. The second-order valence-electron chi connectivity index (χ2n) is 9.15. The minimum Gasteiger partial charge on any atom is -0.462 e. The van der Waals surface area contributed by atoms with Gasteiger partial charge in [-0.15, -0.1) is 0 Å². The van der Waals surface area contributed by atoms with Crippen molar-refractivity contribution < 1.29 is 14.3 Å². The van der Waals surface area contributed by atoms with Crippen LogP contribution >= 0.6 is 0 Å². The molecule has 2 saturated heterocycles. The summed E-state index contributed by atoms with van der Waals surface area (Å²) in [6.45, 7) is 9.49. The van der Waals surface area contributed by atoms with E-state index in [2.05, 4.69) is 18.4 Å². The second-order valence-corrected chi connectivity index (χ2v) is 9.15. The third-order valence-corrected chi connectivity index (χ3v) is 7.61. The van der Waals surface area contributed by atoms with Crippen molar-refractivity contribution in [2.45, 2.75) is 64.0 Å². The van der Waals surface area contributed by atoms with Crippen LogP contribution in [0.1, 0.15) is 51.9 Å². The average Bonchev–Trinajstić information content (AvgIpc) is 3.11. The molecule has 2 heterocycles. The number of hydrogen-bond acceptors (Lipinski definition) is 4. The summed E-state index contributed by atoms with van der Waals surface area (Å²) in [5.74, 6) is 1.05. The van der Waals surface area contributed by atoms with Crippen molar-refractivity contribution in [2.24, 2.45) is 23.2 Å². The normalized spacial score (nSPS) is 44.5. The van der Waals surface area contributed by atoms with E-state index in [-0.39, 0.29) is 23.4 Å². The van der Waals surface area contributed by atoms with Crippen molar-refractivity contribution in [2.75, 3.05) is 26.8 Å². The molecule has 0 unspecified atom stereocenters. The van der Waals surface area contributed by atoms with Crippen LogP contribution in [-0.4, -0.2) is 49.8 Å². The molecule has 2 aliphatic heterocycles. The number of likely N-dealkylation sites (tertiary alicyclic amines) is 1. The van der Waals surface area contributed by atoms with Crippen molar-refractivity contribution >= 4 is 5.97 Å². The monoisotopic (exact) mass is 347 g/mol. The van der Waals surface area contributed by atoms with Gasteiger partial charge < -0.3 is 9.47 Å². The fourth-order valence-corrected chi connectivity index (χ4v) is 6.23. The molecule has 2 saturated carbocycles. The number of fused-ring (bicyclic) bond motifs is 2. The van der Waals surface area contributed by atoms with Gasteiger partial charge in [-0.3, -0.25) is 9.69 Å². The molecule has 25 heavy (non-hydrogen) atoms. The lowest BCUT2D eigenvalue weighted by molar-refractivity contribution is -0.146. The molecule has 4 rings (SSSR count). The fraction of sp³-hybridized carbons (Fsp3) is 0.857. The Morgan fingerprint density at radius 1 is 1.40 bits per heavy atom. The van der Waals surface area contributed by atoms with Gasteiger partial charge in [0.1, 0.15) is 6.10 Å². The van der Waals surface area contributed by atoms with E-state index >= 15 is 0 Å². The number of methoxy groups -OCH3 is 1. The van der Waals surface area contributed by atoms with E-state index in [1.54, 1.807) is 7.11 Å². The maximum absolute atomic E-state index is 12.7. The van der Waals surface area contributed by atoms with Crippen LogP contribution in [0.3, 0.4) is 0 Å². The second kappa shape index (κ2) is 6.70. The van der Waals surface area contributed by atoms with Crippen molar-refractivity contribution in [3.63, 3.8) is 0 Å². The topological polar surface area (TPSA) is 38.8 Å². The molecule has 4 fully saturated rings. The molecule has 0 aromatic rings. The summed E-state index contributed by atoms with van der Waals surface area (Å²) in [5.41, 5.74) is 1.71. The Labute approximate surface area is 151 Å². The maximum Gasteiger partial charge on any atom is 0.310 e. The van der Waals surface area contributed by atoms with Crippen LogP contribution in [0.2, 0.25) is 0 Å². The SMILES string of the molecule is C=C1CCC[C@]2(C)C[C@H]3OC(=O)[C@H](CN4CCC[C@H]4COC)[C@H]3C[C@H]12. The van der Waals surface area contributed by atoms with Gasteiger partial charge in [0.25, 0.3) is 0 Å². The third-order valence-electron chi connectivity index (χ3n) is 7.61. The zero-order valence-electron chi connectivity index (χ0n) is 15.8. The quantitative estimate of drug-likeness (QED) is 0.577. The van der Waals surface area contributed by atoms with Gasteiger partial charge in [0.15, 0.2) is 0 Å². The Bertz CT molecular complexity index is 547. The highest BCUT2D eigenvalue weighted by atomic mass is 16.6. The molecule has 0 spiro atoms. The number of hydrogen-bond donors (Lipinski definition) is 0. The van der Waals surface area contributed by atoms with Crippen molar-refractivity contribution in [1.82, 2.24) is 4.90 Å². The van der Waals surface area contributed by atoms with Gasteiger partial charge in [0, 0.05) is 25.6 Å². The summed E-state index contributed by atoms with van der Waals surface area (Å²) >= 11 is 0. The molecule has 0 aromatic carbocycles. The van der Waals surface area contributed by atoms with Crippen molar-refractivity contribution in [3.05, 3.63) is 12.2 Å². The molecule has 140 valence electrons. The summed E-state index contributed by atoms with van der Waals surface area (Å²) in [4.78, 5) is 15.2. The van der Waals surface area contributed by atoms with Crippen LogP contribution < -0.4 is 0 Å². The Balaban J connectivity index is 1.49. The number of rotatable bonds is 4. The van der Waals surface area contributed by atoms with Crippen LogP contribution in [0.25, 0.3) is 0 Å². The van der Waals surface area contributed by atoms with E-state index < -0.39 is 0 Å². The summed E-state index contributed by atoms with van der Waals surface area (Å²) < 4.78 is 11.3. The maximum atomic E-state index is 12.7. The van der Waals surface area contributed by atoms with E-state index in [0.29, 0.717) is 17.9 Å². The molecule has 4 aliphatic rings. The average molecular weight is 347 g/mol. The Morgan fingerprint density at radius 2 is 2.24 bits per heavy atom. The first-order valence-electron chi connectivity index (χ1n) is 10.1. The van der Waals surface area contributed by atoms with Crippen molar-refractivity contribution in [3.8, 4) is 0 Å². The predicted octanol–water partition coefficient (Wildman–Crippen LogP) is 3.41. The zero-order valence-corrected chi connectivity index (χ0v) is 15.8. The molecule has 6 atom stereocenters. The van der Waals surface area contributed by atoms with Crippen LogP contribution in [0.5, 0.6) is 0 Å². The van der Waals surface area contributed by atoms with E-state index in [1.807, 2.05) is 0 Å². The number of ether oxygens (including phenoxy) is 2. The first-order chi connectivity index (χ1) is 12.0. The molecular weight excluding hydrogens is 314 g/mol. The standard InChI is InChI=1S/C21H33NO3/c1-14-6-4-8-21(2)11-19-16(10-18(14)21)17(20(23)25-19)12-22-9-5-7-15(22)13-24-3/h15-19H,1,4-13H2,2-3H3/t15-,16+,17+,18+,19+,21+/m0/s1. The number of allylic oxidation sites excluding steroid dienone is 1. The van der Waals surface area contributed by atoms with Gasteiger partial charge in [-0.1, -0.05) is 19.1 Å². The highest BCUT2D eigenvalue weighted by Crippen LogP contribution is 2.57. The van der Waals surface area contributed by atoms with Gasteiger partial charge in [0.05, 0.1) is 12.5 Å². The molecule has 4 nitrogen and oxygen atoms in total. The summed E-state index contributed by atoms with van der Waals surface area (Å²) in [6, 6.07) is 0.468. The molecule has 0 N–H and O–H groups in total. The Morgan fingerprint density at radius 3 is 3.04 bits per heavy atom. The zero-order chi connectivity index (χ0) is 17.6. The van der Waals surface area contributed by atoms with E-state index in [4.69, 9.17) is 9.47 Å². The molecule has 0 bridgehead atoms. The minimum absolute atomic E-state index is 0.0433.